The summed E-state index contributed by atoms with van der Waals surface area (Å²) in [7, 11) is -11.2. The summed E-state index contributed by atoms with van der Waals surface area (Å²) in [6.45, 7) is 3.37. The molecule has 2 aliphatic rings. The molecule has 52 heavy (non-hydrogen) atoms. The fraction of sp³-hybridized carbons (Fsp3) is 0.778. The SMILES string of the molecule is CC(=O)O[C@@H]1[C@@H](OC(C)=O)[C@@H](OP(=O)(O)OP(=O)(O)OC[C@H]2O[C@@H](n3ccc(=O)[nH]c3=O)[C@H](O)[C@@H]2O)OC[C@@H]1N=[N+]=[N-].CCCCCCCCCN. The first-order valence-corrected chi connectivity index (χ1v) is 19.2. The number of hydrogen-bond acceptors (Lipinski definition) is 17. The van der Waals surface area contributed by atoms with Crippen LogP contribution in [0.5, 0.6) is 0 Å². The van der Waals surface area contributed by atoms with Crippen molar-refractivity contribution in [2.24, 2.45) is 10.8 Å². The summed E-state index contributed by atoms with van der Waals surface area (Å²) in [6.07, 6.45) is -1.74. The van der Waals surface area contributed by atoms with Gasteiger partial charge in [0.1, 0.15) is 24.4 Å². The molecular formula is C27H46N6O17P2. The number of nitrogens with zero attached hydrogens (tertiary/aromatic N) is 4. The lowest BCUT2D eigenvalue weighted by Gasteiger charge is -2.39. The van der Waals surface area contributed by atoms with Crippen molar-refractivity contribution in [3.63, 3.8) is 0 Å². The average Bonchev–Trinajstić information content (AvgIpc) is 3.32. The number of azide groups is 1. The van der Waals surface area contributed by atoms with Gasteiger partial charge in [-0.05, 0) is 18.5 Å². The zero-order valence-electron chi connectivity index (χ0n) is 28.7. The normalized spacial score (nSPS) is 27.9. The number of aromatic amines is 1. The summed E-state index contributed by atoms with van der Waals surface area (Å²) in [4.78, 5) is 71.0. The van der Waals surface area contributed by atoms with Crippen LogP contribution in [-0.2, 0) is 51.0 Å². The molecule has 25 heteroatoms. The minimum absolute atomic E-state index is 0.587. The molecule has 1 aromatic heterocycles. The van der Waals surface area contributed by atoms with Crippen molar-refractivity contribution >= 4 is 27.6 Å². The Kier molecular flexibility index (Phi) is 18.8. The number of phosphoric ester groups is 2. The lowest BCUT2D eigenvalue weighted by Crippen LogP contribution is -2.56. The predicted octanol–water partition coefficient (Wildman–Crippen LogP) is 1.00. The highest BCUT2D eigenvalue weighted by Crippen LogP contribution is 2.61. The third kappa shape index (κ3) is 14.8. The summed E-state index contributed by atoms with van der Waals surface area (Å²) >= 11 is 0. The fourth-order valence-corrected chi connectivity index (χ4v) is 7.13. The summed E-state index contributed by atoms with van der Waals surface area (Å²) < 4.78 is 59.7. The molecule has 0 radical (unpaired) electrons. The molecule has 296 valence electrons. The summed E-state index contributed by atoms with van der Waals surface area (Å²) in [6, 6.07) is -0.353. The van der Waals surface area contributed by atoms with Crippen molar-refractivity contribution < 1.29 is 71.0 Å². The van der Waals surface area contributed by atoms with Crippen molar-refractivity contribution in [2.75, 3.05) is 19.8 Å². The van der Waals surface area contributed by atoms with Crippen LogP contribution >= 0.6 is 15.6 Å². The van der Waals surface area contributed by atoms with E-state index in [4.69, 9.17) is 34.7 Å². The molecule has 10 atom stereocenters. The standard InChI is InChI=1S/C18H25N5O17P2.C9H21N/c1-7(24)36-14-9(21-22-19)5-34-17(15(14)37-8(2)25)39-42(32,33)40-41(30,31)35-6-10-12(27)13(28)16(38-10)23-4-3-11(26)20-18(23)29;1-2-3-4-5-6-7-8-9-10/h3-4,9-10,12-17,27-28H,5-6H2,1-2H3,(H,30,31)(H,32,33)(H,20,26,29);2-10H2,1H3/t9-,10+,12+,13+,14-,15+,16+,17+;/m0./s1. The quantitative estimate of drug-likeness (QED) is 0.0302. The van der Waals surface area contributed by atoms with Gasteiger partial charge in [-0.3, -0.25) is 33.0 Å². The smallest absolute Gasteiger partial charge is 0.458 e. The second-order valence-electron chi connectivity index (χ2n) is 11.5. The van der Waals surface area contributed by atoms with Crippen molar-refractivity contribution in [3.8, 4) is 0 Å². The minimum Gasteiger partial charge on any atom is -0.458 e. The Bertz CT molecular complexity index is 1560. The van der Waals surface area contributed by atoms with E-state index in [0.29, 0.717) is 0 Å². The zero-order chi connectivity index (χ0) is 39.1. The molecule has 0 bridgehead atoms. The zero-order valence-corrected chi connectivity index (χ0v) is 30.5. The van der Waals surface area contributed by atoms with Crippen LogP contribution in [0.2, 0.25) is 0 Å². The van der Waals surface area contributed by atoms with Gasteiger partial charge in [-0.2, -0.15) is 4.31 Å². The number of carbonyl (C=O) groups is 2. The van der Waals surface area contributed by atoms with Gasteiger partial charge in [0.25, 0.3) is 5.56 Å². The second kappa shape index (κ2) is 21.6. The third-order valence-electron chi connectivity index (χ3n) is 7.32. The number of aliphatic hydroxyl groups excluding tert-OH is 2. The number of unbranched alkanes of at least 4 members (excludes halogenated alkanes) is 6. The number of hydrogen-bond donors (Lipinski definition) is 6. The number of ether oxygens (including phenoxy) is 4. The van der Waals surface area contributed by atoms with Crippen molar-refractivity contribution in [1.29, 1.82) is 0 Å². The van der Waals surface area contributed by atoms with Gasteiger partial charge in [0.15, 0.2) is 18.4 Å². The van der Waals surface area contributed by atoms with E-state index >= 15 is 0 Å². The van der Waals surface area contributed by atoms with E-state index in [1.807, 2.05) is 4.98 Å². The van der Waals surface area contributed by atoms with Crippen LogP contribution in [0.25, 0.3) is 10.4 Å². The number of esters is 2. The maximum atomic E-state index is 12.6. The van der Waals surface area contributed by atoms with Crippen LogP contribution in [0, 0.1) is 0 Å². The van der Waals surface area contributed by atoms with Crippen LogP contribution in [-0.4, -0.2) is 104 Å². The monoisotopic (exact) mass is 788 g/mol. The molecule has 2 aliphatic heterocycles. The van der Waals surface area contributed by atoms with Crippen LogP contribution in [0.4, 0.5) is 0 Å². The Morgan fingerprint density at radius 2 is 1.65 bits per heavy atom. The largest absolute Gasteiger partial charge is 0.483 e. The topological polar surface area (TPSA) is 343 Å². The fourth-order valence-electron chi connectivity index (χ4n) is 4.96. The maximum absolute atomic E-state index is 12.6. The maximum Gasteiger partial charge on any atom is 0.483 e. The Balaban J connectivity index is 0.000000815. The van der Waals surface area contributed by atoms with Gasteiger partial charge in [0.2, 0.25) is 6.29 Å². The highest BCUT2D eigenvalue weighted by molar-refractivity contribution is 7.61. The van der Waals surface area contributed by atoms with Crippen LogP contribution in [0.1, 0.15) is 71.9 Å². The van der Waals surface area contributed by atoms with Gasteiger partial charge in [0, 0.05) is 31.0 Å². The first kappa shape index (κ1) is 45.1. The number of carbonyl (C=O) groups excluding carboxylic acids is 2. The van der Waals surface area contributed by atoms with Crippen LogP contribution < -0.4 is 17.0 Å². The summed E-state index contributed by atoms with van der Waals surface area (Å²) in [5.41, 5.74) is 12.4. The molecule has 1 aromatic rings. The molecule has 7 N–H and O–H groups in total. The highest BCUT2D eigenvalue weighted by Gasteiger charge is 2.50. The lowest BCUT2D eigenvalue weighted by molar-refractivity contribution is -0.237. The van der Waals surface area contributed by atoms with Crippen molar-refractivity contribution in [3.05, 3.63) is 43.5 Å². The van der Waals surface area contributed by atoms with Gasteiger partial charge in [-0.25, -0.2) is 13.9 Å². The Morgan fingerprint density at radius 1 is 1.04 bits per heavy atom. The molecule has 23 nitrogen and oxygen atoms in total. The van der Waals surface area contributed by atoms with Gasteiger partial charge in [-0.15, -0.1) is 0 Å². The lowest BCUT2D eigenvalue weighted by atomic mass is 10.0. The molecule has 2 unspecified atom stereocenters. The summed E-state index contributed by atoms with van der Waals surface area (Å²) in [5.74, 6) is -1.94. The molecule has 0 saturated carbocycles. The van der Waals surface area contributed by atoms with E-state index in [9.17, 15) is 48.3 Å². The molecular weight excluding hydrogens is 742 g/mol. The number of aromatic nitrogens is 2. The van der Waals surface area contributed by atoms with Crippen LogP contribution in [0.3, 0.4) is 0 Å². The minimum atomic E-state index is -5.65. The molecule has 0 spiro atoms. The predicted molar refractivity (Wildman–Crippen MR) is 176 cm³/mol. The number of nitrogens with one attached hydrogen (secondary N) is 1. The average molecular weight is 789 g/mol. The second-order valence-corrected chi connectivity index (χ2v) is 14.5. The first-order valence-electron chi connectivity index (χ1n) is 16.2. The van der Waals surface area contributed by atoms with E-state index in [1.54, 1.807) is 0 Å². The number of rotatable bonds is 18. The van der Waals surface area contributed by atoms with Crippen LogP contribution in [0.15, 0.2) is 27.0 Å². The number of aliphatic hydroxyl groups is 2. The summed E-state index contributed by atoms with van der Waals surface area (Å²) in [5, 5.41) is 23.8. The molecule has 0 amide bonds. The molecule has 3 rings (SSSR count). The third-order valence-corrected chi connectivity index (χ3v) is 9.92. The van der Waals surface area contributed by atoms with Gasteiger partial charge in [-0.1, -0.05) is 50.6 Å². The van der Waals surface area contributed by atoms with E-state index < -0.39 is 101 Å². The Morgan fingerprint density at radius 3 is 2.23 bits per heavy atom. The van der Waals surface area contributed by atoms with E-state index in [2.05, 4.69) is 25.8 Å². The molecule has 0 aromatic carbocycles. The molecule has 2 saturated heterocycles. The number of nitrogens with two attached hydrogens (primary N) is 1. The Hall–Kier alpha value is -3.01. The van der Waals surface area contributed by atoms with E-state index in [-0.39, 0.29) is 0 Å². The Labute approximate surface area is 297 Å². The van der Waals surface area contributed by atoms with E-state index in [0.717, 1.165) is 37.2 Å². The number of phosphoric acid groups is 2. The van der Waals surface area contributed by atoms with Gasteiger partial charge < -0.3 is 44.7 Å². The van der Waals surface area contributed by atoms with Gasteiger partial charge >= 0.3 is 33.3 Å². The van der Waals surface area contributed by atoms with Crippen molar-refractivity contribution in [1.82, 2.24) is 9.55 Å². The van der Waals surface area contributed by atoms with Crippen molar-refractivity contribution in [2.45, 2.75) is 115 Å². The molecule has 3 heterocycles. The molecule has 0 aliphatic carbocycles. The molecule has 2 fully saturated rings. The number of H-pyrrole nitrogens is 1. The van der Waals surface area contributed by atoms with Gasteiger partial charge in [0.05, 0.1) is 13.2 Å². The first-order chi connectivity index (χ1) is 24.4. The van der Waals surface area contributed by atoms with E-state index in [1.165, 1.54) is 44.9 Å². The highest BCUT2D eigenvalue weighted by atomic mass is 31.3.